The van der Waals surface area contributed by atoms with Crippen LogP contribution in [-0.4, -0.2) is 38.8 Å². The number of likely N-dealkylation sites (tertiary alicyclic amines) is 1. The number of pyridine rings is 1. The van der Waals surface area contributed by atoms with Crippen molar-refractivity contribution in [2.45, 2.75) is 19.8 Å². The number of nitrogens with zero attached hydrogens (tertiary/aromatic N) is 4. The number of nitrogens with two attached hydrogens (primary N) is 2. The van der Waals surface area contributed by atoms with Gasteiger partial charge in [-0.1, -0.05) is 11.8 Å². The van der Waals surface area contributed by atoms with Gasteiger partial charge in [-0.3, -0.25) is 4.79 Å². The van der Waals surface area contributed by atoms with Gasteiger partial charge in [-0.25, -0.2) is 19.3 Å². The van der Waals surface area contributed by atoms with E-state index in [4.69, 9.17) is 11.5 Å². The first-order valence-corrected chi connectivity index (χ1v) is 9.89. The van der Waals surface area contributed by atoms with Gasteiger partial charge in [0.15, 0.2) is 0 Å². The highest BCUT2D eigenvalue weighted by Crippen LogP contribution is 2.28. The van der Waals surface area contributed by atoms with Crippen molar-refractivity contribution in [3.8, 4) is 23.1 Å². The molecule has 1 amide bonds. The second-order valence-electron chi connectivity index (χ2n) is 7.31. The third-order valence-corrected chi connectivity index (χ3v) is 5.09. The van der Waals surface area contributed by atoms with Crippen LogP contribution >= 0.6 is 0 Å². The highest BCUT2D eigenvalue weighted by atomic mass is 19.1. The molecule has 0 unspecified atom stereocenters. The smallest absolute Gasteiger partial charge is 0.253 e. The molecular weight excluding hydrogens is 395 g/mol. The molecule has 8 heteroatoms. The Balaban J connectivity index is 1.74. The fraction of sp³-hybridized carbons (Fsp3) is 0.217. The topological polar surface area (TPSA) is 111 Å². The lowest BCUT2D eigenvalue weighted by Gasteiger charge is -2.16. The number of anilines is 2. The van der Waals surface area contributed by atoms with Crippen LogP contribution in [0, 0.1) is 24.6 Å². The van der Waals surface area contributed by atoms with E-state index in [2.05, 4.69) is 26.8 Å². The van der Waals surface area contributed by atoms with E-state index in [0.29, 0.717) is 41.3 Å². The summed E-state index contributed by atoms with van der Waals surface area (Å²) in [6.45, 7) is 3.13. The summed E-state index contributed by atoms with van der Waals surface area (Å²) in [5.41, 5.74) is 13.8. The first-order chi connectivity index (χ1) is 14.9. The molecule has 2 aromatic heterocycles. The minimum absolute atomic E-state index is 0.0174. The van der Waals surface area contributed by atoms with Crippen molar-refractivity contribution < 1.29 is 9.18 Å². The van der Waals surface area contributed by atoms with Crippen molar-refractivity contribution in [2.75, 3.05) is 24.6 Å². The molecule has 0 radical (unpaired) electrons. The third-order valence-electron chi connectivity index (χ3n) is 5.09. The van der Waals surface area contributed by atoms with E-state index in [1.807, 2.05) is 0 Å². The second-order valence-corrected chi connectivity index (χ2v) is 7.31. The number of rotatable bonds is 2. The maximum absolute atomic E-state index is 15.1. The third kappa shape index (κ3) is 4.31. The van der Waals surface area contributed by atoms with Gasteiger partial charge in [0, 0.05) is 36.0 Å². The molecule has 4 rings (SSSR count). The van der Waals surface area contributed by atoms with Crippen LogP contribution in [0.15, 0.2) is 36.5 Å². The predicted octanol–water partition coefficient (Wildman–Crippen LogP) is 2.79. The van der Waals surface area contributed by atoms with E-state index in [1.54, 1.807) is 36.2 Å². The van der Waals surface area contributed by atoms with Gasteiger partial charge < -0.3 is 16.4 Å². The number of hydrogen-bond donors (Lipinski definition) is 2. The van der Waals surface area contributed by atoms with Crippen LogP contribution in [0.3, 0.4) is 0 Å². The lowest BCUT2D eigenvalue weighted by Crippen LogP contribution is -2.27. The molecule has 1 aromatic carbocycles. The molecule has 156 valence electrons. The van der Waals surface area contributed by atoms with Crippen LogP contribution in [0.25, 0.3) is 11.3 Å². The maximum atomic E-state index is 15.1. The second kappa shape index (κ2) is 8.40. The number of benzene rings is 1. The molecule has 1 saturated heterocycles. The molecule has 31 heavy (non-hydrogen) atoms. The molecule has 1 aliphatic rings. The summed E-state index contributed by atoms with van der Waals surface area (Å²) in [6, 6.07) is 7.77. The standard InChI is InChI=1S/C23H21FN6O/c1-14-17(7-4-15-5-9-20(25)27-13-15)21(29-23(26)28-14)18-8-6-16(12-19(18)24)22(31)30-10-2-3-11-30/h5-6,8-9,12-13H,2-3,10-11H2,1H3,(H2,25,27)(H2,26,28,29). The van der Waals surface area contributed by atoms with Gasteiger partial charge in [0.2, 0.25) is 5.95 Å². The van der Waals surface area contributed by atoms with Gasteiger partial charge >= 0.3 is 0 Å². The summed E-state index contributed by atoms with van der Waals surface area (Å²) in [6.07, 6.45) is 3.49. The maximum Gasteiger partial charge on any atom is 0.253 e. The quantitative estimate of drug-likeness (QED) is 0.622. The molecule has 0 spiro atoms. The van der Waals surface area contributed by atoms with Crippen molar-refractivity contribution in [2.24, 2.45) is 0 Å². The monoisotopic (exact) mass is 416 g/mol. The molecule has 3 aromatic rings. The molecule has 0 bridgehead atoms. The molecule has 3 heterocycles. The minimum atomic E-state index is -0.570. The zero-order valence-corrected chi connectivity index (χ0v) is 17.0. The summed E-state index contributed by atoms with van der Waals surface area (Å²) in [7, 11) is 0. The van der Waals surface area contributed by atoms with Crippen molar-refractivity contribution in [1.82, 2.24) is 19.9 Å². The zero-order valence-electron chi connectivity index (χ0n) is 17.0. The Labute approximate surface area is 179 Å². The average Bonchev–Trinajstić information content (AvgIpc) is 3.28. The van der Waals surface area contributed by atoms with E-state index in [9.17, 15) is 4.79 Å². The van der Waals surface area contributed by atoms with E-state index >= 15 is 4.39 Å². The van der Waals surface area contributed by atoms with Crippen LogP contribution in [-0.2, 0) is 0 Å². The van der Waals surface area contributed by atoms with Gasteiger partial charge in [-0.15, -0.1) is 0 Å². The van der Waals surface area contributed by atoms with E-state index in [0.717, 1.165) is 12.8 Å². The summed E-state index contributed by atoms with van der Waals surface area (Å²) in [5, 5.41) is 0. The summed E-state index contributed by atoms with van der Waals surface area (Å²) in [5.74, 6) is 5.64. The van der Waals surface area contributed by atoms with Crippen LogP contribution < -0.4 is 11.5 Å². The van der Waals surface area contributed by atoms with E-state index < -0.39 is 5.82 Å². The van der Waals surface area contributed by atoms with Crippen LogP contribution in [0.2, 0.25) is 0 Å². The number of halogens is 1. The highest BCUT2D eigenvalue weighted by Gasteiger charge is 2.22. The number of hydrogen-bond acceptors (Lipinski definition) is 6. The van der Waals surface area contributed by atoms with Crippen LogP contribution in [0.1, 0.15) is 40.0 Å². The Morgan fingerprint density at radius 1 is 1.10 bits per heavy atom. The van der Waals surface area contributed by atoms with Crippen molar-refractivity contribution >= 4 is 17.7 Å². The molecule has 1 aliphatic heterocycles. The van der Waals surface area contributed by atoms with Gasteiger partial charge in [-0.05, 0) is 50.1 Å². The van der Waals surface area contributed by atoms with Gasteiger partial charge in [0.05, 0.1) is 17.0 Å². The Morgan fingerprint density at radius 2 is 1.87 bits per heavy atom. The number of aryl methyl sites for hydroxylation is 1. The average molecular weight is 416 g/mol. The fourth-order valence-electron chi connectivity index (χ4n) is 3.50. The number of carbonyl (C=O) groups excluding carboxylic acids is 1. The van der Waals surface area contributed by atoms with E-state index in [1.165, 1.54) is 12.1 Å². The summed E-state index contributed by atoms with van der Waals surface area (Å²) in [4.78, 5) is 26.7. The summed E-state index contributed by atoms with van der Waals surface area (Å²) < 4.78 is 15.1. The molecule has 0 atom stereocenters. The molecule has 0 aliphatic carbocycles. The normalized spacial score (nSPS) is 13.0. The van der Waals surface area contributed by atoms with Gasteiger partial charge in [0.25, 0.3) is 5.91 Å². The number of nitrogen functional groups attached to an aromatic ring is 2. The molecule has 1 fully saturated rings. The fourth-order valence-corrected chi connectivity index (χ4v) is 3.50. The Bertz CT molecular complexity index is 1210. The van der Waals surface area contributed by atoms with Gasteiger partial charge in [0.1, 0.15) is 11.6 Å². The summed E-state index contributed by atoms with van der Waals surface area (Å²) >= 11 is 0. The molecule has 0 saturated carbocycles. The first-order valence-electron chi connectivity index (χ1n) is 9.89. The van der Waals surface area contributed by atoms with E-state index in [-0.39, 0.29) is 23.1 Å². The molecule has 4 N–H and O–H groups in total. The first kappa shape index (κ1) is 20.3. The van der Waals surface area contributed by atoms with Crippen molar-refractivity contribution in [3.63, 3.8) is 0 Å². The van der Waals surface area contributed by atoms with Crippen molar-refractivity contribution in [3.05, 3.63) is 64.7 Å². The zero-order chi connectivity index (χ0) is 22.0. The number of amides is 1. The Hall–Kier alpha value is -3.99. The van der Waals surface area contributed by atoms with Crippen LogP contribution in [0.5, 0.6) is 0 Å². The SMILES string of the molecule is Cc1nc(N)nc(-c2ccc(C(=O)N3CCCC3)cc2F)c1C#Cc1ccc(N)nc1. The lowest BCUT2D eigenvalue weighted by molar-refractivity contribution is 0.0792. The molecule has 7 nitrogen and oxygen atoms in total. The largest absolute Gasteiger partial charge is 0.384 e. The van der Waals surface area contributed by atoms with Gasteiger partial charge in [-0.2, -0.15) is 0 Å². The predicted molar refractivity (Wildman–Crippen MR) is 116 cm³/mol. The molecular formula is C23H21FN6O. The van der Waals surface area contributed by atoms with Crippen molar-refractivity contribution in [1.29, 1.82) is 0 Å². The Kier molecular flexibility index (Phi) is 5.50. The number of carbonyl (C=O) groups is 1. The minimum Gasteiger partial charge on any atom is -0.384 e. The highest BCUT2D eigenvalue weighted by molar-refractivity contribution is 5.95. The number of aromatic nitrogens is 3. The Morgan fingerprint density at radius 3 is 2.55 bits per heavy atom. The van der Waals surface area contributed by atoms with Crippen LogP contribution in [0.4, 0.5) is 16.2 Å². The lowest BCUT2D eigenvalue weighted by atomic mass is 10.0.